The average molecular weight is 328 g/mol. The first-order chi connectivity index (χ1) is 11.6. The highest BCUT2D eigenvalue weighted by atomic mass is 19.1. The second kappa shape index (κ2) is 5.69. The number of fused-ring (bicyclic) bond motifs is 1. The van der Waals surface area contributed by atoms with Crippen LogP contribution in [0.4, 0.5) is 4.39 Å². The molecule has 1 saturated carbocycles. The van der Waals surface area contributed by atoms with Gasteiger partial charge in [0, 0.05) is 24.9 Å². The molecule has 1 amide bonds. The van der Waals surface area contributed by atoms with E-state index in [1.165, 1.54) is 6.07 Å². The molecule has 2 heterocycles. The van der Waals surface area contributed by atoms with Crippen molar-refractivity contribution < 1.29 is 9.18 Å². The van der Waals surface area contributed by atoms with E-state index in [-0.39, 0.29) is 23.6 Å². The van der Waals surface area contributed by atoms with Crippen LogP contribution in [-0.2, 0) is 17.9 Å². The van der Waals surface area contributed by atoms with Gasteiger partial charge < -0.3 is 9.47 Å². The Morgan fingerprint density at radius 3 is 2.79 bits per heavy atom. The molecule has 5 nitrogen and oxygen atoms in total. The molecule has 126 valence electrons. The lowest BCUT2D eigenvalue weighted by Gasteiger charge is -2.28. The van der Waals surface area contributed by atoms with Crippen LogP contribution in [0.1, 0.15) is 49.3 Å². The number of hydrogen-bond donors (Lipinski definition) is 0. The average Bonchev–Trinajstić information content (AvgIpc) is 3.24. The first-order valence-electron chi connectivity index (χ1n) is 8.51. The number of rotatable bonds is 3. The highest BCUT2D eigenvalue weighted by Crippen LogP contribution is 2.49. The Balaban J connectivity index is 1.46. The molecule has 0 bridgehead atoms. The first kappa shape index (κ1) is 15.3. The Morgan fingerprint density at radius 1 is 1.25 bits per heavy atom. The summed E-state index contributed by atoms with van der Waals surface area (Å²) in [6, 6.07) is 6.76. The summed E-state index contributed by atoms with van der Waals surface area (Å²) in [6.07, 6.45) is 0.736. The first-order valence-corrected chi connectivity index (χ1v) is 8.51. The predicted molar refractivity (Wildman–Crippen MR) is 86.8 cm³/mol. The second-order valence-corrected chi connectivity index (χ2v) is 7.01. The van der Waals surface area contributed by atoms with Crippen molar-refractivity contribution in [3.05, 3.63) is 47.3 Å². The van der Waals surface area contributed by atoms with E-state index >= 15 is 0 Å². The zero-order valence-corrected chi connectivity index (χ0v) is 13.9. The molecule has 1 fully saturated rings. The van der Waals surface area contributed by atoms with Gasteiger partial charge in [-0.2, -0.15) is 0 Å². The van der Waals surface area contributed by atoms with E-state index < -0.39 is 0 Å². The maximum atomic E-state index is 13.9. The third-order valence-electron chi connectivity index (χ3n) is 5.02. The zero-order chi connectivity index (χ0) is 16.8. The van der Waals surface area contributed by atoms with Crippen molar-refractivity contribution >= 4 is 5.91 Å². The number of nitrogens with zero attached hydrogens (tertiary/aromatic N) is 4. The summed E-state index contributed by atoms with van der Waals surface area (Å²) in [6.45, 7) is 6.10. The molecule has 2 aliphatic rings. The van der Waals surface area contributed by atoms with Crippen LogP contribution >= 0.6 is 0 Å². The van der Waals surface area contributed by atoms with Gasteiger partial charge in [0.05, 0.1) is 6.54 Å². The minimum absolute atomic E-state index is 0.0183. The summed E-state index contributed by atoms with van der Waals surface area (Å²) >= 11 is 0. The molecular formula is C18H21FN4O. The molecule has 24 heavy (non-hydrogen) atoms. The Hall–Kier alpha value is -2.24. The number of carbonyl (C=O) groups is 1. The Kier molecular flexibility index (Phi) is 3.62. The smallest absolute Gasteiger partial charge is 0.226 e. The Bertz CT molecular complexity index is 785. The van der Waals surface area contributed by atoms with Crippen LogP contribution in [0, 0.1) is 11.7 Å². The molecule has 0 radical (unpaired) electrons. The van der Waals surface area contributed by atoms with Gasteiger partial charge in [-0.15, -0.1) is 10.2 Å². The normalized spacial score (nSPS) is 22.6. The number of hydrogen-bond acceptors (Lipinski definition) is 3. The molecule has 0 unspecified atom stereocenters. The molecule has 2 atom stereocenters. The summed E-state index contributed by atoms with van der Waals surface area (Å²) in [4.78, 5) is 14.6. The van der Waals surface area contributed by atoms with Gasteiger partial charge in [-0.05, 0) is 24.0 Å². The molecule has 4 rings (SSSR count). The van der Waals surface area contributed by atoms with Gasteiger partial charge >= 0.3 is 0 Å². The van der Waals surface area contributed by atoms with E-state index in [0.29, 0.717) is 24.6 Å². The van der Waals surface area contributed by atoms with Crippen LogP contribution in [0.15, 0.2) is 24.3 Å². The predicted octanol–water partition coefficient (Wildman–Crippen LogP) is 2.69. The third-order valence-corrected chi connectivity index (χ3v) is 5.02. The number of halogens is 1. The van der Waals surface area contributed by atoms with Crippen LogP contribution in [0.2, 0.25) is 0 Å². The standard InChI is InChI=1S/C18H21FN4O/c1-11(2)17-21-20-16-10-22(7-8-23(16)17)18(24)14-9-13(14)12-5-3-4-6-15(12)19/h3-6,11,13-14H,7-10H2,1-2H3/t13-,14-/m1/s1. The molecule has 1 aliphatic heterocycles. The van der Waals surface area contributed by atoms with Crippen molar-refractivity contribution in [3.63, 3.8) is 0 Å². The topological polar surface area (TPSA) is 51.0 Å². The fourth-order valence-electron chi connectivity index (χ4n) is 3.62. The number of benzene rings is 1. The van der Waals surface area contributed by atoms with E-state index in [0.717, 1.165) is 24.6 Å². The van der Waals surface area contributed by atoms with E-state index in [2.05, 4.69) is 28.6 Å². The lowest BCUT2D eigenvalue weighted by atomic mass is 10.1. The molecule has 1 aromatic heterocycles. The van der Waals surface area contributed by atoms with Crippen molar-refractivity contribution in [2.75, 3.05) is 6.54 Å². The van der Waals surface area contributed by atoms with E-state index in [9.17, 15) is 9.18 Å². The lowest BCUT2D eigenvalue weighted by Crippen LogP contribution is -2.39. The molecule has 6 heteroatoms. The van der Waals surface area contributed by atoms with Crippen molar-refractivity contribution in [3.8, 4) is 0 Å². The van der Waals surface area contributed by atoms with Crippen LogP contribution in [0.25, 0.3) is 0 Å². The van der Waals surface area contributed by atoms with Crippen molar-refractivity contribution in [1.29, 1.82) is 0 Å². The number of carbonyl (C=O) groups excluding carboxylic acids is 1. The summed E-state index contributed by atoms with van der Waals surface area (Å²) in [7, 11) is 0. The molecule has 1 aromatic carbocycles. The molecule has 1 aliphatic carbocycles. The summed E-state index contributed by atoms with van der Waals surface area (Å²) < 4.78 is 16.0. The van der Waals surface area contributed by atoms with Gasteiger partial charge in [0.2, 0.25) is 5.91 Å². The molecular weight excluding hydrogens is 307 g/mol. The summed E-state index contributed by atoms with van der Waals surface area (Å²) in [5.41, 5.74) is 0.665. The lowest BCUT2D eigenvalue weighted by molar-refractivity contribution is -0.134. The van der Waals surface area contributed by atoms with Gasteiger partial charge in [0.1, 0.15) is 11.6 Å². The van der Waals surface area contributed by atoms with E-state index in [4.69, 9.17) is 0 Å². The number of aromatic nitrogens is 3. The van der Waals surface area contributed by atoms with E-state index in [1.807, 2.05) is 11.0 Å². The van der Waals surface area contributed by atoms with Crippen LogP contribution < -0.4 is 0 Å². The quantitative estimate of drug-likeness (QED) is 0.870. The summed E-state index contributed by atoms with van der Waals surface area (Å²) in [5, 5.41) is 8.49. The molecule has 0 N–H and O–H groups in total. The van der Waals surface area contributed by atoms with Crippen molar-refractivity contribution in [2.45, 2.75) is 45.2 Å². The maximum Gasteiger partial charge on any atom is 0.226 e. The summed E-state index contributed by atoms with van der Waals surface area (Å²) in [5.74, 6) is 1.98. The van der Waals surface area contributed by atoms with Crippen LogP contribution in [0.3, 0.4) is 0 Å². The minimum Gasteiger partial charge on any atom is -0.333 e. The van der Waals surface area contributed by atoms with E-state index in [1.54, 1.807) is 12.1 Å². The maximum absolute atomic E-state index is 13.9. The van der Waals surface area contributed by atoms with Crippen LogP contribution in [0.5, 0.6) is 0 Å². The minimum atomic E-state index is -0.210. The molecule has 0 saturated heterocycles. The van der Waals surface area contributed by atoms with Crippen LogP contribution in [-0.4, -0.2) is 32.1 Å². The number of amides is 1. The molecule has 2 aromatic rings. The van der Waals surface area contributed by atoms with Crippen molar-refractivity contribution in [2.24, 2.45) is 5.92 Å². The second-order valence-electron chi connectivity index (χ2n) is 7.01. The molecule has 0 spiro atoms. The van der Waals surface area contributed by atoms with Gasteiger partial charge in [-0.1, -0.05) is 32.0 Å². The highest BCUT2D eigenvalue weighted by Gasteiger charge is 2.47. The largest absolute Gasteiger partial charge is 0.333 e. The SMILES string of the molecule is CC(C)c1nnc2n1CCN(C(=O)[C@@H]1C[C@@H]1c1ccccc1F)C2. The zero-order valence-electron chi connectivity index (χ0n) is 13.9. The third kappa shape index (κ3) is 2.50. The van der Waals surface area contributed by atoms with Gasteiger partial charge in [-0.3, -0.25) is 4.79 Å². The van der Waals surface area contributed by atoms with Gasteiger partial charge in [-0.25, -0.2) is 4.39 Å². The fourth-order valence-corrected chi connectivity index (χ4v) is 3.62. The Labute approximate surface area is 140 Å². The monoisotopic (exact) mass is 328 g/mol. The van der Waals surface area contributed by atoms with Crippen molar-refractivity contribution in [1.82, 2.24) is 19.7 Å². The Morgan fingerprint density at radius 2 is 2.04 bits per heavy atom. The van der Waals surface area contributed by atoms with Gasteiger partial charge in [0.25, 0.3) is 0 Å². The van der Waals surface area contributed by atoms with Gasteiger partial charge in [0.15, 0.2) is 5.82 Å². The highest BCUT2D eigenvalue weighted by molar-refractivity contribution is 5.83. The fraction of sp³-hybridized carbons (Fsp3) is 0.500.